The van der Waals surface area contributed by atoms with Crippen LogP contribution in [0.25, 0.3) is 0 Å². The topological polar surface area (TPSA) is 54.0 Å². The van der Waals surface area contributed by atoms with Crippen molar-refractivity contribution in [2.24, 2.45) is 0 Å². The zero-order valence-electron chi connectivity index (χ0n) is 30.6. The van der Waals surface area contributed by atoms with Gasteiger partial charge in [-0.1, -0.05) is 127 Å². The quantitative estimate of drug-likeness (QED) is 0.0342. The molecule has 0 aromatic heterocycles. The zero-order chi connectivity index (χ0) is 32.8. The third-order valence-electron chi connectivity index (χ3n) is 8.68. The number of hydrogen-bond acceptors (Lipinski definition) is 5. The molecular formula is C34H74O5Si4. The van der Waals surface area contributed by atoms with Gasteiger partial charge in [0.15, 0.2) is 25.0 Å². The summed E-state index contributed by atoms with van der Waals surface area (Å²) in [4.78, 5) is 12.3. The molecule has 43 heavy (non-hydrogen) atoms. The average Bonchev–Trinajstić information content (AvgIpc) is 2.92. The van der Waals surface area contributed by atoms with Gasteiger partial charge in [-0.15, -0.1) is 0 Å². The molecular weight excluding hydrogens is 601 g/mol. The van der Waals surface area contributed by atoms with Crippen LogP contribution in [-0.2, 0) is 21.9 Å². The maximum absolute atomic E-state index is 12.3. The molecule has 5 nitrogen and oxygen atoms in total. The van der Waals surface area contributed by atoms with Crippen LogP contribution in [0.2, 0.25) is 60.4 Å². The summed E-state index contributed by atoms with van der Waals surface area (Å²) in [5.41, 5.74) is 0.452. The highest BCUT2D eigenvalue weighted by Crippen LogP contribution is 2.42. The first-order valence-corrected chi connectivity index (χ1v) is 27.9. The van der Waals surface area contributed by atoms with Gasteiger partial charge in [-0.25, -0.2) is 4.79 Å². The predicted octanol–water partition coefficient (Wildman–Crippen LogP) is 12.0. The lowest BCUT2D eigenvalue weighted by molar-refractivity contribution is -0.139. The van der Waals surface area contributed by atoms with Crippen molar-refractivity contribution in [1.82, 2.24) is 0 Å². The first kappa shape index (κ1) is 43.0. The van der Waals surface area contributed by atoms with Gasteiger partial charge in [0.1, 0.15) is 0 Å². The number of esters is 1. The van der Waals surface area contributed by atoms with Crippen molar-refractivity contribution < 1.29 is 21.9 Å². The smallest absolute Gasteiger partial charge is 0.462 e. The fraction of sp³-hybridized carbons (Fsp3) is 0.912. The van der Waals surface area contributed by atoms with Crippen molar-refractivity contribution in [1.29, 1.82) is 0 Å². The van der Waals surface area contributed by atoms with Gasteiger partial charge in [0.25, 0.3) is 0 Å². The van der Waals surface area contributed by atoms with E-state index < -0.39 is 33.8 Å². The summed E-state index contributed by atoms with van der Waals surface area (Å²) in [5.74, 6) is -0.306. The lowest BCUT2D eigenvalue weighted by atomic mass is 10.4. The number of carbonyl (C=O) groups is 1. The zero-order valence-corrected chi connectivity index (χ0v) is 34.6. The van der Waals surface area contributed by atoms with E-state index in [-0.39, 0.29) is 5.97 Å². The van der Waals surface area contributed by atoms with Gasteiger partial charge in [-0.3, -0.25) is 0 Å². The van der Waals surface area contributed by atoms with Gasteiger partial charge in [0, 0.05) is 11.6 Å². The molecule has 0 radical (unpaired) electrons. The van der Waals surface area contributed by atoms with Crippen LogP contribution in [0, 0.1) is 0 Å². The summed E-state index contributed by atoms with van der Waals surface area (Å²) >= 11 is 0. The highest BCUT2D eigenvalue weighted by Gasteiger charge is 2.56. The van der Waals surface area contributed by atoms with Crippen molar-refractivity contribution in [2.45, 2.75) is 194 Å². The first-order valence-electron chi connectivity index (χ1n) is 18.4. The molecule has 0 amide bonds. The molecule has 0 aromatic rings. The van der Waals surface area contributed by atoms with Crippen LogP contribution < -0.4 is 0 Å². The third kappa shape index (κ3) is 15.4. The van der Waals surface area contributed by atoms with E-state index in [9.17, 15) is 4.79 Å². The van der Waals surface area contributed by atoms with E-state index in [2.05, 4.69) is 68.9 Å². The summed E-state index contributed by atoms with van der Waals surface area (Å²) in [6.07, 6.45) is 11.1. The SMILES string of the molecule is C=C(C)C(=O)OCCC[Si](O[Si](CCC)(CCC)CCC)(O[Si](CCC)(CCC)CCC)O[Si](CCC)(CCC)CCC. The molecule has 0 aliphatic rings. The van der Waals surface area contributed by atoms with Gasteiger partial charge in [0.05, 0.1) is 6.61 Å². The fourth-order valence-electron chi connectivity index (χ4n) is 7.47. The second kappa shape index (κ2) is 23.3. The van der Waals surface area contributed by atoms with E-state index in [1.54, 1.807) is 6.92 Å². The first-order chi connectivity index (χ1) is 20.5. The van der Waals surface area contributed by atoms with Crippen molar-refractivity contribution >= 4 is 39.7 Å². The average molecular weight is 675 g/mol. The number of carbonyl (C=O) groups excluding carboxylic acids is 1. The Morgan fingerprint density at radius 1 is 0.488 bits per heavy atom. The van der Waals surface area contributed by atoms with Crippen LogP contribution in [0.4, 0.5) is 0 Å². The van der Waals surface area contributed by atoms with Crippen LogP contribution in [0.1, 0.15) is 133 Å². The van der Waals surface area contributed by atoms with E-state index in [1.807, 2.05) is 0 Å². The van der Waals surface area contributed by atoms with E-state index >= 15 is 0 Å². The lowest BCUT2D eigenvalue weighted by Gasteiger charge is -2.49. The van der Waals surface area contributed by atoms with E-state index in [1.165, 1.54) is 54.4 Å². The fourth-order valence-corrected chi connectivity index (χ4v) is 32.9. The highest BCUT2D eigenvalue weighted by atomic mass is 28.5. The largest absolute Gasteiger partial charge is 0.469 e. The van der Waals surface area contributed by atoms with Crippen LogP contribution >= 0.6 is 0 Å². The molecule has 0 N–H and O–H groups in total. The molecule has 0 aliphatic heterocycles. The van der Waals surface area contributed by atoms with Gasteiger partial charge < -0.3 is 17.1 Å². The summed E-state index contributed by atoms with van der Waals surface area (Å²) in [6, 6.07) is 11.3. The van der Waals surface area contributed by atoms with Crippen LogP contribution in [-0.4, -0.2) is 46.3 Å². The minimum atomic E-state index is -3.16. The van der Waals surface area contributed by atoms with E-state index in [0.717, 1.165) is 70.3 Å². The number of rotatable bonds is 29. The molecule has 256 valence electrons. The van der Waals surface area contributed by atoms with Crippen LogP contribution in [0.5, 0.6) is 0 Å². The minimum Gasteiger partial charge on any atom is -0.462 e. The molecule has 0 saturated carbocycles. The van der Waals surface area contributed by atoms with E-state index in [0.29, 0.717) is 12.2 Å². The van der Waals surface area contributed by atoms with E-state index in [4.69, 9.17) is 17.1 Å². The molecule has 0 spiro atoms. The van der Waals surface area contributed by atoms with Crippen LogP contribution in [0.3, 0.4) is 0 Å². The summed E-state index contributed by atoms with van der Waals surface area (Å²) < 4.78 is 29.5. The molecule has 0 saturated heterocycles. The molecule has 0 atom stereocenters. The molecule has 0 rings (SSSR count). The molecule has 9 heteroatoms. The minimum absolute atomic E-state index is 0.306. The Hall–Kier alpha value is -0.0425. The van der Waals surface area contributed by atoms with Gasteiger partial charge in [-0.2, -0.15) is 0 Å². The Kier molecular flexibility index (Phi) is 23.3. The maximum Gasteiger partial charge on any atom is 0.469 e. The number of hydrogen-bond donors (Lipinski definition) is 0. The van der Waals surface area contributed by atoms with Crippen molar-refractivity contribution in [3.8, 4) is 0 Å². The Morgan fingerprint density at radius 3 is 0.953 bits per heavy atom. The van der Waals surface area contributed by atoms with Crippen molar-refractivity contribution in [3.63, 3.8) is 0 Å². The lowest BCUT2D eigenvalue weighted by Crippen LogP contribution is -2.65. The normalized spacial score (nSPS) is 13.0. The standard InChI is InChI=1S/C34H74O5Si4/c1-12-23-40(24-13-2,25-14-3)37-43(32-21-22-36-34(35)33(10)11,38-41(26-15-4,27-16-5)28-17-6)39-42(29-18-7,30-19-8)31-20-9/h10,12-32H2,1-9,11H3. The second-order valence-electron chi connectivity index (χ2n) is 13.3. The molecule has 0 aromatic carbocycles. The van der Waals surface area contributed by atoms with Gasteiger partial charge >= 0.3 is 14.8 Å². The van der Waals surface area contributed by atoms with Crippen molar-refractivity contribution in [3.05, 3.63) is 12.2 Å². The molecule has 0 heterocycles. The van der Waals surface area contributed by atoms with Crippen molar-refractivity contribution in [2.75, 3.05) is 6.61 Å². The Morgan fingerprint density at radius 2 is 0.744 bits per heavy atom. The highest BCUT2D eigenvalue weighted by molar-refractivity contribution is 6.92. The second-order valence-corrected chi connectivity index (χ2v) is 29.2. The summed E-state index contributed by atoms with van der Waals surface area (Å²) in [6.45, 7) is 26.8. The molecule has 0 aliphatic carbocycles. The Balaban J connectivity index is 7.36. The van der Waals surface area contributed by atoms with Crippen LogP contribution in [0.15, 0.2) is 12.2 Å². The number of ether oxygens (including phenoxy) is 1. The molecule has 0 fully saturated rings. The third-order valence-corrected chi connectivity index (χ3v) is 31.3. The molecule has 0 bridgehead atoms. The Bertz CT molecular complexity index is 628. The van der Waals surface area contributed by atoms with Gasteiger partial charge in [0.2, 0.25) is 0 Å². The molecule has 0 unspecified atom stereocenters. The monoisotopic (exact) mass is 674 g/mol. The van der Waals surface area contributed by atoms with Gasteiger partial charge in [-0.05, 0) is 67.7 Å². The summed E-state index contributed by atoms with van der Waals surface area (Å²) in [5, 5.41) is 0. The predicted molar refractivity (Wildman–Crippen MR) is 197 cm³/mol. The Labute approximate surface area is 273 Å². The summed E-state index contributed by atoms with van der Waals surface area (Å²) in [7, 11) is -9.57. The maximum atomic E-state index is 12.3.